The van der Waals surface area contributed by atoms with Crippen LogP contribution in [-0.4, -0.2) is 23.5 Å². The molecule has 29 heavy (non-hydrogen) atoms. The highest BCUT2D eigenvalue weighted by Crippen LogP contribution is 2.32. The molecule has 1 aromatic heterocycles. The molecule has 148 valence electrons. The van der Waals surface area contributed by atoms with Crippen molar-refractivity contribution in [2.24, 2.45) is 0 Å². The minimum atomic E-state index is 0.213. The van der Waals surface area contributed by atoms with Crippen LogP contribution in [0.5, 0.6) is 5.75 Å². The van der Waals surface area contributed by atoms with Crippen molar-refractivity contribution >= 4 is 46.0 Å². The Balaban J connectivity index is 1.69. The van der Waals surface area contributed by atoms with E-state index in [0.29, 0.717) is 5.02 Å². The van der Waals surface area contributed by atoms with Crippen LogP contribution in [0.15, 0.2) is 71.9 Å². The lowest BCUT2D eigenvalue weighted by Gasteiger charge is -2.11. The maximum atomic E-state index is 6.26. The lowest BCUT2D eigenvalue weighted by atomic mass is 10.2. The number of imidazole rings is 1. The van der Waals surface area contributed by atoms with E-state index in [0.717, 1.165) is 38.4 Å². The van der Waals surface area contributed by atoms with Crippen molar-refractivity contribution in [2.75, 3.05) is 13.9 Å². The standard InChI is InChI=1S/C22H18Cl2N2O2S/c1-27-14-28-19-9-7-18(8-10-19)26-21-12-17(24)6-11-20(21)25-22(26)29-13-15-2-4-16(23)5-3-15/h2-12H,13-14H2,1H3. The molecule has 0 saturated heterocycles. The zero-order valence-corrected chi connectivity index (χ0v) is 18.0. The summed E-state index contributed by atoms with van der Waals surface area (Å²) in [6, 6.07) is 21.4. The van der Waals surface area contributed by atoms with Gasteiger partial charge in [-0.15, -0.1) is 0 Å². The zero-order valence-electron chi connectivity index (χ0n) is 15.6. The molecule has 4 rings (SSSR count). The Labute approximate surface area is 183 Å². The van der Waals surface area contributed by atoms with Crippen LogP contribution in [0, 0.1) is 0 Å². The number of hydrogen-bond donors (Lipinski definition) is 0. The molecule has 0 amide bonds. The number of halogens is 2. The third kappa shape index (κ3) is 4.70. The third-order valence-electron chi connectivity index (χ3n) is 4.31. The molecule has 0 atom stereocenters. The van der Waals surface area contributed by atoms with Crippen molar-refractivity contribution in [3.8, 4) is 11.4 Å². The topological polar surface area (TPSA) is 36.3 Å². The number of nitrogens with zero attached hydrogens (tertiary/aromatic N) is 2. The first kappa shape index (κ1) is 20.1. The number of fused-ring (bicyclic) bond motifs is 1. The van der Waals surface area contributed by atoms with Crippen LogP contribution in [0.4, 0.5) is 0 Å². The average molecular weight is 445 g/mol. The fraction of sp³-hybridized carbons (Fsp3) is 0.136. The largest absolute Gasteiger partial charge is 0.468 e. The van der Waals surface area contributed by atoms with E-state index in [1.165, 1.54) is 5.56 Å². The number of benzene rings is 3. The minimum absolute atomic E-state index is 0.213. The Morgan fingerprint density at radius 1 is 0.931 bits per heavy atom. The van der Waals surface area contributed by atoms with Crippen LogP contribution in [0.25, 0.3) is 16.7 Å². The second kappa shape index (κ2) is 9.09. The predicted octanol–water partition coefficient (Wildman–Crippen LogP) is 6.61. The summed E-state index contributed by atoms with van der Waals surface area (Å²) in [7, 11) is 1.60. The Morgan fingerprint density at radius 3 is 2.38 bits per heavy atom. The molecule has 0 unspecified atom stereocenters. The van der Waals surface area contributed by atoms with Gasteiger partial charge in [0, 0.05) is 28.6 Å². The first-order valence-corrected chi connectivity index (χ1v) is 10.7. The molecule has 0 N–H and O–H groups in total. The lowest BCUT2D eigenvalue weighted by molar-refractivity contribution is 0.0511. The first-order chi connectivity index (χ1) is 14.1. The van der Waals surface area contributed by atoms with Crippen molar-refractivity contribution in [3.63, 3.8) is 0 Å². The van der Waals surface area contributed by atoms with E-state index in [2.05, 4.69) is 4.57 Å². The number of thioether (sulfide) groups is 1. The fourth-order valence-electron chi connectivity index (χ4n) is 2.92. The van der Waals surface area contributed by atoms with Crippen LogP contribution >= 0.6 is 35.0 Å². The van der Waals surface area contributed by atoms with Crippen molar-refractivity contribution < 1.29 is 9.47 Å². The van der Waals surface area contributed by atoms with Crippen molar-refractivity contribution in [1.82, 2.24) is 9.55 Å². The van der Waals surface area contributed by atoms with Gasteiger partial charge in [0.05, 0.1) is 11.0 Å². The normalized spacial score (nSPS) is 11.1. The quantitative estimate of drug-likeness (QED) is 0.237. The Morgan fingerprint density at radius 2 is 1.66 bits per heavy atom. The van der Waals surface area contributed by atoms with Crippen LogP contribution in [-0.2, 0) is 10.5 Å². The number of hydrogen-bond acceptors (Lipinski definition) is 4. The second-order valence-electron chi connectivity index (χ2n) is 6.32. The van der Waals surface area contributed by atoms with Gasteiger partial charge < -0.3 is 9.47 Å². The summed E-state index contributed by atoms with van der Waals surface area (Å²) in [5.41, 5.74) is 4.02. The van der Waals surface area contributed by atoms with Gasteiger partial charge >= 0.3 is 0 Å². The van der Waals surface area contributed by atoms with Gasteiger partial charge in [-0.3, -0.25) is 4.57 Å². The summed E-state index contributed by atoms with van der Waals surface area (Å²) in [6.45, 7) is 0.213. The maximum absolute atomic E-state index is 6.26. The van der Waals surface area contributed by atoms with Gasteiger partial charge in [-0.2, -0.15) is 0 Å². The summed E-state index contributed by atoms with van der Waals surface area (Å²) in [4.78, 5) is 4.82. The van der Waals surface area contributed by atoms with Gasteiger partial charge in [0.15, 0.2) is 11.9 Å². The summed E-state index contributed by atoms with van der Waals surface area (Å²) in [6.07, 6.45) is 0. The molecule has 1 heterocycles. The van der Waals surface area contributed by atoms with Crippen molar-refractivity contribution in [1.29, 1.82) is 0 Å². The maximum Gasteiger partial charge on any atom is 0.188 e. The SMILES string of the molecule is COCOc1ccc(-n2c(SCc3ccc(Cl)cc3)nc3ccc(Cl)cc32)cc1. The molecule has 7 heteroatoms. The molecule has 0 aliphatic rings. The Bertz CT molecular complexity index is 1110. The molecule has 0 aliphatic heterocycles. The highest BCUT2D eigenvalue weighted by Gasteiger charge is 2.14. The molecule has 0 fully saturated rings. The van der Waals surface area contributed by atoms with Crippen LogP contribution < -0.4 is 4.74 Å². The van der Waals surface area contributed by atoms with Gasteiger partial charge in [-0.25, -0.2) is 4.98 Å². The fourth-order valence-corrected chi connectivity index (χ4v) is 4.20. The number of methoxy groups -OCH3 is 1. The molecule has 0 aliphatic carbocycles. The molecule has 0 radical (unpaired) electrons. The molecule has 0 bridgehead atoms. The second-order valence-corrected chi connectivity index (χ2v) is 8.14. The molecule has 3 aromatic carbocycles. The third-order valence-corrected chi connectivity index (χ3v) is 5.80. The van der Waals surface area contributed by atoms with Crippen molar-refractivity contribution in [2.45, 2.75) is 10.9 Å². The van der Waals surface area contributed by atoms with E-state index < -0.39 is 0 Å². The predicted molar refractivity (Wildman–Crippen MR) is 120 cm³/mol. The van der Waals surface area contributed by atoms with Crippen LogP contribution in [0.3, 0.4) is 0 Å². The molecule has 4 nitrogen and oxygen atoms in total. The monoisotopic (exact) mass is 444 g/mol. The van der Waals surface area contributed by atoms with E-state index in [-0.39, 0.29) is 6.79 Å². The molecule has 4 aromatic rings. The average Bonchev–Trinajstić information content (AvgIpc) is 3.09. The van der Waals surface area contributed by atoms with E-state index in [1.807, 2.05) is 66.7 Å². The van der Waals surface area contributed by atoms with E-state index >= 15 is 0 Å². The number of aromatic nitrogens is 2. The smallest absolute Gasteiger partial charge is 0.188 e. The highest BCUT2D eigenvalue weighted by atomic mass is 35.5. The number of rotatable bonds is 7. The van der Waals surface area contributed by atoms with Crippen molar-refractivity contribution in [3.05, 3.63) is 82.3 Å². The zero-order chi connectivity index (χ0) is 20.2. The van der Waals surface area contributed by atoms with E-state index in [4.69, 9.17) is 37.7 Å². The highest BCUT2D eigenvalue weighted by molar-refractivity contribution is 7.98. The van der Waals surface area contributed by atoms with Gasteiger partial charge in [-0.1, -0.05) is 47.1 Å². The number of ether oxygens (including phenoxy) is 2. The molecular weight excluding hydrogens is 427 g/mol. The van der Waals surface area contributed by atoms with Crippen LogP contribution in [0.2, 0.25) is 10.0 Å². The van der Waals surface area contributed by atoms with Gasteiger partial charge in [0.25, 0.3) is 0 Å². The molecular formula is C22H18Cl2N2O2S. The molecule has 0 saturated carbocycles. The summed E-state index contributed by atoms with van der Waals surface area (Å²) >= 11 is 13.9. The van der Waals surface area contributed by atoms with Crippen LogP contribution in [0.1, 0.15) is 5.56 Å². The van der Waals surface area contributed by atoms with Gasteiger partial charge in [0.1, 0.15) is 5.75 Å². The van der Waals surface area contributed by atoms with Gasteiger partial charge in [0.2, 0.25) is 0 Å². The van der Waals surface area contributed by atoms with E-state index in [1.54, 1.807) is 18.9 Å². The molecule has 0 spiro atoms. The van der Waals surface area contributed by atoms with Gasteiger partial charge in [-0.05, 0) is 60.2 Å². The Kier molecular flexibility index (Phi) is 6.31. The summed E-state index contributed by atoms with van der Waals surface area (Å²) in [5.74, 6) is 1.52. The Hall–Kier alpha value is -2.18. The lowest BCUT2D eigenvalue weighted by Crippen LogP contribution is -2.00. The first-order valence-electron chi connectivity index (χ1n) is 8.91. The minimum Gasteiger partial charge on any atom is -0.468 e. The van der Waals surface area contributed by atoms with E-state index in [9.17, 15) is 0 Å². The summed E-state index contributed by atoms with van der Waals surface area (Å²) < 4.78 is 12.6. The summed E-state index contributed by atoms with van der Waals surface area (Å²) in [5, 5.41) is 2.30.